The highest BCUT2D eigenvalue weighted by atomic mass is 16.2. The molecule has 0 aromatic rings. The van der Waals surface area contributed by atoms with Crippen LogP contribution in [0.25, 0.3) is 0 Å². The number of carbonyl (C=O) groups excluding carboxylic acids is 1. The molecule has 1 unspecified atom stereocenters. The number of likely N-dealkylation sites (tertiary alicyclic amines) is 1. The smallest absolute Gasteiger partial charge is 0.225 e. The van der Waals surface area contributed by atoms with E-state index in [1.165, 1.54) is 19.3 Å². The van der Waals surface area contributed by atoms with Gasteiger partial charge in [0.25, 0.3) is 0 Å². The summed E-state index contributed by atoms with van der Waals surface area (Å²) in [6.07, 6.45) is 8.04. The standard InChI is InChI=1S/C18H34N4O/c1-14(2)7-6-11-20-18(19-3)21-16-10-12-22(13-16)17(23)15-8-4-5-9-15/h14-16H,4-13H2,1-3H3,(H2,19,20,21). The molecule has 2 fully saturated rings. The predicted octanol–water partition coefficient (Wildman–Crippen LogP) is 2.38. The highest BCUT2D eigenvalue weighted by Crippen LogP contribution is 2.27. The van der Waals surface area contributed by atoms with Gasteiger partial charge in [0.05, 0.1) is 0 Å². The molecule has 2 aliphatic rings. The molecule has 0 aromatic heterocycles. The molecule has 1 heterocycles. The van der Waals surface area contributed by atoms with Crippen LogP contribution >= 0.6 is 0 Å². The molecule has 1 saturated carbocycles. The Hall–Kier alpha value is -1.26. The van der Waals surface area contributed by atoms with E-state index in [2.05, 4.69) is 34.4 Å². The second kappa shape index (κ2) is 9.14. The van der Waals surface area contributed by atoms with Gasteiger partial charge in [0, 0.05) is 38.6 Å². The lowest BCUT2D eigenvalue weighted by molar-refractivity contribution is -0.134. The van der Waals surface area contributed by atoms with Gasteiger partial charge in [-0.1, -0.05) is 26.7 Å². The predicted molar refractivity (Wildman–Crippen MR) is 95.5 cm³/mol. The first kappa shape index (κ1) is 18.1. The normalized spacial score (nSPS) is 22.9. The van der Waals surface area contributed by atoms with Crippen molar-refractivity contribution in [2.75, 3.05) is 26.7 Å². The van der Waals surface area contributed by atoms with E-state index in [1.807, 2.05) is 7.05 Å². The van der Waals surface area contributed by atoms with Crippen LogP contribution in [0.1, 0.15) is 58.8 Å². The highest BCUT2D eigenvalue weighted by Gasteiger charge is 2.32. The molecule has 0 aromatic carbocycles. The van der Waals surface area contributed by atoms with Gasteiger partial charge in [-0.15, -0.1) is 0 Å². The molecular formula is C18H34N4O. The van der Waals surface area contributed by atoms with Crippen LogP contribution < -0.4 is 10.6 Å². The monoisotopic (exact) mass is 322 g/mol. The molecule has 1 aliphatic heterocycles. The summed E-state index contributed by atoms with van der Waals surface area (Å²) in [5, 5.41) is 6.86. The lowest BCUT2D eigenvalue weighted by Crippen LogP contribution is -2.45. The molecule has 23 heavy (non-hydrogen) atoms. The summed E-state index contributed by atoms with van der Waals surface area (Å²) in [4.78, 5) is 18.8. The van der Waals surface area contributed by atoms with Gasteiger partial charge in [-0.05, 0) is 38.0 Å². The van der Waals surface area contributed by atoms with Crippen molar-refractivity contribution in [2.45, 2.75) is 64.8 Å². The Kier molecular flexibility index (Phi) is 7.18. The molecule has 132 valence electrons. The summed E-state index contributed by atoms with van der Waals surface area (Å²) in [5.41, 5.74) is 0. The molecule has 5 nitrogen and oxygen atoms in total. The van der Waals surface area contributed by atoms with E-state index in [0.717, 1.165) is 57.2 Å². The summed E-state index contributed by atoms with van der Waals surface area (Å²) in [5.74, 6) is 2.29. The van der Waals surface area contributed by atoms with E-state index in [4.69, 9.17) is 0 Å². The summed E-state index contributed by atoms with van der Waals surface area (Å²) >= 11 is 0. The Labute approximate surface area is 141 Å². The summed E-state index contributed by atoms with van der Waals surface area (Å²) < 4.78 is 0. The number of carbonyl (C=O) groups is 1. The van der Waals surface area contributed by atoms with Crippen molar-refractivity contribution in [1.29, 1.82) is 0 Å². The number of rotatable bonds is 6. The minimum atomic E-state index is 0.294. The summed E-state index contributed by atoms with van der Waals surface area (Å²) in [7, 11) is 1.81. The third-order valence-corrected chi connectivity index (χ3v) is 5.02. The van der Waals surface area contributed by atoms with Gasteiger partial charge in [0.1, 0.15) is 0 Å². The molecule has 1 amide bonds. The second-order valence-corrected chi connectivity index (χ2v) is 7.43. The van der Waals surface area contributed by atoms with Crippen LogP contribution in [0.5, 0.6) is 0 Å². The summed E-state index contributed by atoms with van der Waals surface area (Å²) in [6, 6.07) is 0.330. The number of guanidine groups is 1. The van der Waals surface area contributed by atoms with Crippen LogP contribution in [-0.2, 0) is 4.79 Å². The Morgan fingerprint density at radius 2 is 2.00 bits per heavy atom. The molecular weight excluding hydrogens is 288 g/mol. The van der Waals surface area contributed by atoms with Crippen LogP contribution in [0.2, 0.25) is 0 Å². The first-order chi connectivity index (χ1) is 11.1. The zero-order valence-corrected chi connectivity index (χ0v) is 15.1. The molecule has 2 N–H and O–H groups in total. The minimum absolute atomic E-state index is 0.294. The van der Waals surface area contributed by atoms with Gasteiger partial charge in [0.15, 0.2) is 5.96 Å². The lowest BCUT2D eigenvalue weighted by atomic mass is 10.1. The maximum atomic E-state index is 12.5. The molecule has 1 atom stereocenters. The van der Waals surface area contributed by atoms with Gasteiger partial charge in [-0.2, -0.15) is 0 Å². The quantitative estimate of drug-likeness (QED) is 0.448. The number of nitrogens with zero attached hydrogens (tertiary/aromatic N) is 2. The van der Waals surface area contributed by atoms with Crippen LogP contribution in [0.15, 0.2) is 4.99 Å². The van der Waals surface area contributed by atoms with E-state index in [-0.39, 0.29) is 0 Å². The Morgan fingerprint density at radius 1 is 1.26 bits per heavy atom. The van der Waals surface area contributed by atoms with E-state index in [0.29, 0.717) is 17.9 Å². The fourth-order valence-electron chi connectivity index (χ4n) is 3.61. The average Bonchev–Trinajstić information content (AvgIpc) is 3.20. The van der Waals surface area contributed by atoms with E-state index < -0.39 is 0 Å². The van der Waals surface area contributed by atoms with E-state index >= 15 is 0 Å². The van der Waals surface area contributed by atoms with Crippen LogP contribution in [0, 0.1) is 11.8 Å². The first-order valence-corrected chi connectivity index (χ1v) is 9.36. The van der Waals surface area contributed by atoms with Gasteiger partial charge in [-0.3, -0.25) is 9.79 Å². The summed E-state index contributed by atoms with van der Waals surface area (Å²) in [6.45, 7) is 7.16. The van der Waals surface area contributed by atoms with Crippen LogP contribution in [-0.4, -0.2) is 49.5 Å². The van der Waals surface area contributed by atoms with Crippen molar-refractivity contribution in [3.63, 3.8) is 0 Å². The maximum absolute atomic E-state index is 12.5. The highest BCUT2D eigenvalue weighted by molar-refractivity contribution is 5.81. The van der Waals surface area contributed by atoms with Crippen molar-refractivity contribution in [1.82, 2.24) is 15.5 Å². The lowest BCUT2D eigenvalue weighted by Gasteiger charge is -2.21. The molecule has 0 spiro atoms. The number of aliphatic imine (C=N–C) groups is 1. The Bertz CT molecular complexity index is 402. The van der Waals surface area contributed by atoms with Crippen molar-refractivity contribution >= 4 is 11.9 Å². The SMILES string of the molecule is CN=C(NCCCC(C)C)NC1CCN(C(=O)C2CCCC2)C1. The fraction of sp³-hybridized carbons (Fsp3) is 0.889. The maximum Gasteiger partial charge on any atom is 0.225 e. The van der Waals surface area contributed by atoms with E-state index in [1.54, 1.807) is 0 Å². The van der Waals surface area contributed by atoms with Gasteiger partial charge in [-0.25, -0.2) is 0 Å². The molecule has 0 bridgehead atoms. The Morgan fingerprint density at radius 3 is 2.65 bits per heavy atom. The van der Waals surface area contributed by atoms with Gasteiger partial charge in [0.2, 0.25) is 5.91 Å². The zero-order chi connectivity index (χ0) is 16.7. The third-order valence-electron chi connectivity index (χ3n) is 5.02. The van der Waals surface area contributed by atoms with Crippen LogP contribution in [0.4, 0.5) is 0 Å². The number of hydrogen-bond acceptors (Lipinski definition) is 2. The van der Waals surface area contributed by atoms with Crippen molar-refractivity contribution in [3.05, 3.63) is 0 Å². The van der Waals surface area contributed by atoms with Crippen molar-refractivity contribution < 1.29 is 4.79 Å². The fourth-order valence-corrected chi connectivity index (χ4v) is 3.61. The molecule has 1 saturated heterocycles. The van der Waals surface area contributed by atoms with Gasteiger partial charge < -0.3 is 15.5 Å². The Balaban J connectivity index is 1.69. The van der Waals surface area contributed by atoms with Crippen molar-refractivity contribution in [2.24, 2.45) is 16.8 Å². The van der Waals surface area contributed by atoms with E-state index in [9.17, 15) is 4.79 Å². The topological polar surface area (TPSA) is 56.7 Å². The molecule has 1 aliphatic carbocycles. The van der Waals surface area contributed by atoms with Crippen molar-refractivity contribution in [3.8, 4) is 0 Å². The molecule has 5 heteroatoms. The third kappa shape index (κ3) is 5.70. The average molecular weight is 322 g/mol. The number of nitrogens with one attached hydrogen (secondary N) is 2. The minimum Gasteiger partial charge on any atom is -0.356 e. The second-order valence-electron chi connectivity index (χ2n) is 7.43. The van der Waals surface area contributed by atoms with Gasteiger partial charge >= 0.3 is 0 Å². The zero-order valence-electron chi connectivity index (χ0n) is 15.1. The first-order valence-electron chi connectivity index (χ1n) is 9.36. The number of hydrogen-bond donors (Lipinski definition) is 2. The molecule has 0 radical (unpaired) electrons. The molecule has 2 rings (SSSR count). The largest absolute Gasteiger partial charge is 0.356 e. The number of amides is 1. The van der Waals surface area contributed by atoms with Crippen LogP contribution in [0.3, 0.4) is 0 Å².